The van der Waals surface area contributed by atoms with E-state index in [0.29, 0.717) is 6.54 Å². The smallest absolute Gasteiger partial charge is 0.316 e. The lowest BCUT2D eigenvalue weighted by atomic mass is 9.89. The summed E-state index contributed by atoms with van der Waals surface area (Å²) in [6, 6.07) is 12.3. The molecule has 0 bridgehead atoms. The summed E-state index contributed by atoms with van der Waals surface area (Å²) in [6.07, 6.45) is 4.52. The van der Waals surface area contributed by atoms with E-state index in [1.807, 2.05) is 24.4 Å². The average molecular weight is 297 g/mol. The van der Waals surface area contributed by atoms with Crippen LogP contribution in [0.2, 0.25) is 0 Å². The standard InChI is InChI=1S/C18H23N3O/c1-14-7-4-5-9-17(14)16(13-20-18(22)21(2)3)11-15-8-6-10-19-12-15/h4-10,12,16H,11,13H2,1-3H3,(H,20,22). The van der Waals surface area contributed by atoms with Crippen molar-refractivity contribution in [3.8, 4) is 0 Å². The lowest BCUT2D eigenvalue weighted by molar-refractivity contribution is 0.216. The monoisotopic (exact) mass is 297 g/mol. The van der Waals surface area contributed by atoms with Crippen molar-refractivity contribution < 1.29 is 4.79 Å². The molecule has 1 N–H and O–H groups in total. The van der Waals surface area contributed by atoms with Gasteiger partial charge in [0, 0.05) is 39.0 Å². The van der Waals surface area contributed by atoms with Gasteiger partial charge in [-0.05, 0) is 36.1 Å². The summed E-state index contributed by atoms with van der Waals surface area (Å²) < 4.78 is 0. The van der Waals surface area contributed by atoms with Crippen molar-refractivity contribution >= 4 is 6.03 Å². The first-order chi connectivity index (χ1) is 10.6. The molecule has 1 heterocycles. The molecular weight excluding hydrogens is 274 g/mol. The van der Waals surface area contributed by atoms with Crippen molar-refractivity contribution in [3.63, 3.8) is 0 Å². The van der Waals surface area contributed by atoms with Gasteiger partial charge in [-0.3, -0.25) is 4.98 Å². The van der Waals surface area contributed by atoms with Crippen molar-refractivity contribution in [1.82, 2.24) is 15.2 Å². The fourth-order valence-corrected chi connectivity index (χ4v) is 2.51. The fourth-order valence-electron chi connectivity index (χ4n) is 2.51. The largest absolute Gasteiger partial charge is 0.337 e. The van der Waals surface area contributed by atoms with Crippen molar-refractivity contribution in [2.45, 2.75) is 19.3 Å². The van der Waals surface area contributed by atoms with Gasteiger partial charge in [-0.2, -0.15) is 0 Å². The molecule has 1 aromatic carbocycles. The molecule has 116 valence electrons. The van der Waals surface area contributed by atoms with Gasteiger partial charge in [0.1, 0.15) is 0 Å². The molecule has 22 heavy (non-hydrogen) atoms. The van der Waals surface area contributed by atoms with E-state index in [-0.39, 0.29) is 11.9 Å². The van der Waals surface area contributed by atoms with Crippen LogP contribution in [0.15, 0.2) is 48.8 Å². The Kier molecular flexibility index (Phi) is 5.53. The zero-order chi connectivity index (χ0) is 15.9. The summed E-state index contributed by atoms with van der Waals surface area (Å²) in [4.78, 5) is 17.6. The van der Waals surface area contributed by atoms with Crippen LogP contribution in [-0.4, -0.2) is 36.6 Å². The van der Waals surface area contributed by atoms with Crippen molar-refractivity contribution in [1.29, 1.82) is 0 Å². The van der Waals surface area contributed by atoms with E-state index in [1.165, 1.54) is 16.7 Å². The molecule has 0 aliphatic rings. The van der Waals surface area contributed by atoms with Crippen LogP contribution in [0.25, 0.3) is 0 Å². The minimum Gasteiger partial charge on any atom is -0.337 e. The number of amides is 2. The predicted molar refractivity (Wildman–Crippen MR) is 88.9 cm³/mol. The number of urea groups is 1. The van der Waals surface area contributed by atoms with Crippen LogP contribution in [-0.2, 0) is 6.42 Å². The number of carbonyl (C=O) groups excluding carboxylic acids is 1. The van der Waals surface area contributed by atoms with E-state index in [9.17, 15) is 4.79 Å². The van der Waals surface area contributed by atoms with Gasteiger partial charge in [0.15, 0.2) is 0 Å². The molecule has 2 aromatic rings. The lowest BCUT2D eigenvalue weighted by Gasteiger charge is -2.21. The molecule has 0 saturated carbocycles. The highest BCUT2D eigenvalue weighted by molar-refractivity contribution is 5.73. The maximum atomic E-state index is 11.8. The van der Waals surface area contributed by atoms with Crippen LogP contribution >= 0.6 is 0 Å². The molecule has 2 amide bonds. The molecule has 1 unspecified atom stereocenters. The first kappa shape index (κ1) is 16.0. The van der Waals surface area contributed by atoms with Gasteiger partial charge in [0.05, 0.1) is 0 Å². The van der Waals surface area contributed by atoms with Crippen LogP contribution in [0, 0.1) is 6.92 Å². The Bertz CT molecular complexity index is 611. The van der Waals surface area contributed by atoms with E-state index in [2.05, 4.69) is 35.4 Å². The van der Waals surface area contributed by atoms with Gasteiger partial charge >= 0.3 is 6.03 Å². The normalized spacial score (nSPS) is 11.8. The van der Waals surface area contributed by atoms with Crippen molar-refractivity contribution in [3.05, 3.63) is 65.5 Å². The first-order valence-corrected chi connectivity index (χ1v) is 7.47. The number of benzene rings is 1. The van der Waals surface area contributed by atoms with Gasteiger partial charge in [-0.25, -0.2) is 4.79 Å². The Morgan fingerprint density at radius 3 is 2.64 bits per heavy atom. The second-order valence-electron chi connectivity index (χ2n) is 5.70. The summed E-state index contributed by atoms with van der Waals surface area (Å²) >= 11 is 0. The summed E-state index contributed by atoms with van der Waals surface area (Å²) in [5.41, 5.74) is 3.69. The highest BCUT2D eigenvalue weighted by Crippen LogP contribution is 2.23. The predicted octanol–water partition coefficient (Wildman–Crippen LogP) is 2.99. The second kappa shape index (κ2) is 7.59. The molecule has 0 spiro atoms. The molecule has 4 heteroatoms. The third-order valence-electron chi connectivity index (χ3n) is 3.74. The molecule has 0 aliphatic carbocycles. The minimum atomic E-state index is -0.0650. The second-order valence-corrected chi connectivity index (χ2v) is 5.70. The third-order valence-corrected chi connectivity index (χ3v) is 3.74. The molecule has 2 rings (SSSR count). The number of nitrogens with zero attached hydrogens (tertiary/aromatic N) is 2. The van der Waals surface area contributed by atoms with Crippen LogP contribution in [0.1, 0.15) is 22.6 Å². The molecule has 0 saturated heterocycles. The van der Waals surface area contributed by atoms with Gasteiger partial charge in [-0.1, -0.05) is 30.3 Å². The molecule has 1 atom stereocenters. The zero-order valence-corrected chi connectivity index (χ0v) is 13.4. The van der Waals surface area contributed by atoms with E-state index in [1.54, 1.807) is 25.2 Å². The minimum absolute atomic E-state index is 0.0650. The molecule has 0 fully saturated rings. The molecular formula is C18H23N3O. The summed E-state index contributed by atoms with van der Waals surface area (Å²) in [5, 5.41) is 2.99. The van der Waals surface area contributed by atoms with Gasteiger partial charge in [0.25, 0.3) is 0 Å². The summed E-state index contributed by atoms with van der Waals surface area (Å²) in [5.74, 6) is 0.231. The van der Waals surface area contributed by atoms with Gasteiger partial charge < -0.3 is 10.2 Å². The van der Waals surface area contributed by atoms with E-state index in [0.717, 1.165) is 6.42 Å². The quantitative estimate of drug-likeness (QED) is 0.922. The first-order valence-electron chi connectivity index (χ1n) is 7.47. The van der Waals surface area contributed by atoms with E-state index in [4.69, 9.17) is 0 Å². The number of aryl methyl sites for hydroxylation is 1. The Morgan fingerprint density at radius 2 is 2.00 bits per heavy atom. The number of rotatable bonds is 5. The Labute approximate surface area is 132 Å². The van der Waals surface area contributed by atoms with Gasteiger partial charge in [0.2, 0.25) is 0 Å². The number of pyridine rings is 1. The number of hydrogen-bond donors (Lipinski definition) is 1. The number of carbonyl (C=O) groups is 1. The van der Waals surface area contributed by atoms with Crippen LogP contribution in [0.5, 0.6) is 0 Å². The highest BCUT2D eigenvalue weighted by atomic mass is 16.2. The topological polar surface area (TPSA) is 45.2 Å². The molecule has 4 nitrogen and oxygen atoms in total. The maximum Gasteiger partial charge on any atom is 0.316 e. The highest BCUT2D eigenvalue weighted by Gasteiger charge is 2.16. The number of nitrogens with one attached hydrogen (secondary N) is 1. The number of hydrogen-bond acceptors (Lipinski definition) is 2. The Hall–Kier alpha value is -2.36. The van der Waals surface area contributed by atoms with Crippen molar-refractivity contribution in [2.24, 2.45) is 0 Å². The maximum absolute atomic E-state index is 11.8. The van der Waals surface area contributed by atoms with Gasteiger partial charge in [-0.15, -0.1) is 0 Å². The van der Waals surface area contributed by atoms with Crippen molar-refractivity contribution in [2.75, 3.05) is 20.6 Å². The van der Waals surface area contributed by atoms with Crippen LogP contribution in [0.4, 0.5) is 4.79 Å². The third kappa shape index (κ3) is 4.32. The van der Waals surface area contributed by atoms with E-state index < -0.39 is 0 Å². The Balaban J connectivity index is 2.17. The zero-order valence-electron chi connectivity index (χ0n) is 13.4. The van der Waals surface area contributed by atoms with Crippen LogP contribution in [0.3, 0.4) is 0 Å². The fraction of sp³-hybridized carbons (Fsp3) is 0.333. The molecule has 0 aliphatic heterocycles. The summed E-state index contributed by atoms with van der Waals surface area (Å²) in [7, 11) is 3.50. The SMILES string of the molecule is Cc1ccccc1C(CNC(=O)N(C)C)Cc1cccnc1. The lowest BCUT2D eigenvalue weighted by Crippen LogP contribution is -2.37. The number of aromatic nitrogens is 1. The van der Waals surface area contributed by atoms with E-state index >= 15 is 0 Å². The summed E-state index contributed by atoms with van der Waals surface area (Å²) in [6.45, 7) is 2.72. The average Bonchev–Trinajstić information content (AvgIpc) is 2.52. The molecule has 0 radical (unpaired) electrons. The Morgan fingerprint density at radius 1 is 1.23 bits per heavy atom. The molecule has 1 aromatic heterocycles. The van der Waals surface area contributed by atoms with Crippen LogP contribution < -0.4 is 5.32 Å².